The predicted octanol–water partition coefficient (Wildman–Crippen LogP) is 1.18. The summed E-state index contributed by atoms with van der Waals surface area (Å²) >= 11 is 0. The molecule has 0 saturated heterocycles. The molecule has 1 atom stereocenters. The lowest BCUT2D eigenvalue weighted by Gasteiger charge is -2.14. The van der Waals surface area contributed by atoms with Crippen LogP contribution < -0.4 is 15.4 Å². The zero-order valence-electron chi connectivity index (χ0n) is 15.9. The van der Waals surface area contributed by atoms with E-state index in [1.807, 2.05) is 0 Å². The van der Waals surface area contributed by atoms with Crippen molar-refractivity contribution in [2.75, 3.05) is 24.4 Å². The number of anilines is 2. The lowest BCUT2D eigenvalue weighted by molar-refractivity contribution is -0.119. The van der Waals surface area contributed by atoms with Crippen LogP contribution in [0.3, 0.4) is 0 Å². The Morgan fingerprint density at radius 2 is 1.71 bits per heavy atom. The van der Waals surface area contributed by atoms with Crippen LogP contribution >= 0.6 is 0 Å². The third kappa shape index (κ3) is 5.38. The highest BCUT2D eigenvalue weighted by atomic mass is 32.2. The largest absolute Gasteiger partial charge is 0.375 e. The highest BCUT2D eigenvalue weighted by Gasteiger charge is 2.28. The minimum absolute atomic E-state index is 0.0682. The van der Waals surface area contributed by atoms with Gasteiger partial charge in [-0.1, -0.05) is 5.16 Å². The second kappa shape index (κ2) is 8.95. The van der Waals surface area contributed by atoms with Gasteiger partial charge in [0.25, 0.3) is 0 Å². The monoisotopic (exact) mass is 410 g/mol. The van der Waals surface area contributed by atoms with E-state index in [1.165, 1.54) is 27.9 Å². The van der Waals surface area contributed by atoms with Gasteiger partial charge < -0.3 is 19.9 Å². The van der Waals surface area contributed by atoms with Crippen LogP contribution in [0.4, 0.5) is 11.4 Å². The van der Waals surface area contributed by atoms with Crippen LogP contribution in [0.5, 0.6) is 0 Å². The van der Waals surface area contributed by atoms with Gasteiger partial charge in [0.05, 0.1) is 6.04 Å². The summed E-state index contributed by atoms with van der Waals surface area (Å²) in [6, 6.07) is 5.31. The summed E-state index contributed by atoms with van der Waals surface area (Å²) in [6.07, 6.45) is 0. The standard InChI is InChI=1S/C17H22N4O6S/c1-10-16(12(3)27-20-10)28(24,25)21-11(2)17(23)19-14-7-5-13(6-8-14)18-15(22)9-26-4/h5-8,11,21H,9H2,1-4H3,(H,18,22)(H,19,23)/t11-/m0/s1. The third-order valence-electron chi connectivity index (χ3n) is 3.67. The quantitative estimate of drug-likeness (QED) is 0.594. The molecule has 2 aromatic rings. The number of nitrogens with zero attached hydrogens (tertiary/aromatic N) is 1. The van der Waals surface area contributed by atoms with E-state index in [2.05, 4.69) is 20.5 Å². The van der Waals surface area contributed by atoms with Crippen molar-refractivity contribution in [2.45, 2.75) is 31.7 Å². The van der Waals surface area contributed by atoms with E-state index in [-0.39, 0.29) is 28.9 Å². The number of hydrogen-bond donors (Lipinski definition) is 3. The number of carbonyl (C=O) groups excluding carboxylic acids is 2. The fourth-order valence-electron chi connectivity index (χ4n) is 2.42. The number of aromatic nitrogens is 1. The van der Waals surface area contributed by atoms with Crippen molar-refractivity contribution in [1.82, 2.24) is 9.88 Å². The molecule has 2 amide bonds. The van der Waals surface area contributed by atoms with Crippen molar-refractivity contribution < 1.29 is 27.3 Å². The first-order valence-corrected chi connectivity index (χ1v) is 9.77. The summed E-state index contributed by atoms with van der Waals surface area (Å²) < 4.78 is 36.8. The number of amides is 2. The van der Waals surface area contributed by atoms with E-state index in [0.29, 0.717) is 11.4 Å². The zero-order chi connectivity index (χ0) is 20.9. The molecule has 0 aliphatic carbocycles. The fraction of sp³-hybridized carbons (Fsp3) is 0.353. The lowest BCUT2D eigenvalue weighted by Crippen LogP contribution is -2.41. The first-order valence-electron chi connectivity index (χ1n) is 8.29. The second-order valence-corrected chi connectivity index (χ2v) is 7.69. The smallest absolute Gasteiger partial charge is 0.250 e. The van der Waals surface area contributed by atoms with Crippen LogP contribution in [0.1, 0.15) is 18.4 Å². The van der Waals surface area contributed by atoms with Crippen LogP contribution in [-0.4, -0.2) is 45.1 Å². The van der Waals surface area contributed by atoms with E-state index in [1.54, 1.807) is 24.3 Å². The molecule has 0 aliphatic heterocycles. The molecule has 0 fully saturated rings. The van der Waals surface area contributed by atoms with Gasteiger partial charge in [0.2, 0.25) is 21.8 Å². The number of carbonyl (C=O) groups is 2. The summed E-state index contributed by atoms with van der Waals surface area (Å²) in [6.45, 7) is 4.33. The van der Waals surface area contributed by atoms with Crippen LogP contribution in [0, 0.1) is 13.8 Å². The molecular weight excluding hydrogens is 388 g/mol. The minimum Gasteiger partial charge on any atom is -0.375 e. The van der Waals surface area contributed by atoms with Gasteiger partial charge in [0.15, 0.2) is 5.76 Å². The summed E-state index contributed by atoms with van der Waals surface area (Å²) in [5, 5.41) is 8.83. The molecule has 152 valence electrons. The molecule has 0 unspecified atom stereocenters. The topological polar surface area (TPSA) is 140 Å². The van der Waals surface area contributed by atoms with Gasteiger partial charge in [0.1, 0.15) is 17.2 Å². The molecule has 1 heterocycles. The summed E-state index contributed by atoms with van der Waals surface area (Å²) in [5.41, 5.74) is 1.19. The number of benzene rings is 1. The Kier molecular flexibility index (Phi) is 6.89. The molecule has 3 N–H and O–H groups in total. The van der Waals surface area contributed by atoms with Gasteiger partial charge >= 0.3 is 0 Å². The van der Waals surface area contributed by atoms with Crippen LogP contribution in [0.25, 0.3) is 0 Å². The Hall–Kier alpha value is -2.76. The SMILES string of the molecule is COCC(=O)Nc1ccc(NC(=O)[C@H](C)NS(=O)(=O)c2c(C)noc2C)cc1. The molecule has 1 aromatic carbocycles. The summed E-state index contributed by atoms with van der Waals surface area (Å²) in [7, 11) is -2.55. The Bertz CT molecular complexity index is 933. The van der Waals surface area contributed by atoms with Gasteiger partial charge in [0, 0.05) is 18.5 Å². The second-order valence-electron chi connectivity index (χ2n) is 6.04. The van der Waals surface area contributed by atoms with E-state index < -0.39 is 22.0 Å². The predicted molar refractivity (Wildman–Crippen MR) is 101 cm³/mol. The van der Waals surface area contributed by atoms with Crippen LogP contribution in [0.2, 0.25) is 0 Å². The molecule has 0 saturated carbocycles. The van der Waals surface area contributed by atoms with Gasteiger partial charge in [-0.25, -0.2) is 8.42 Å². The average molecular weight is 410 g/mol. The molecule has 0 radical (unpaired) electrons. The number of aryl methyl sites for hydroxylation is 2. The molecular formula is C17H22N4O6S. The van der Waals surface area contributed by atoms with Gasteiger partial charge in [-0.2, -0.15) is 4.72 Å². The molecule has 0 aliphatic rings. The maximum Gasteiger partial charge on any atom is 0.250 e. The van der Waals surface area contributed by atoms with E-state index >= 15 is 0 Å². The normalized spacial score (nSPS) is 12.4. The maximum absolute atomic E-state index is 12.5. The molecule has 11 heteroatoms. The molecule has 0 bridgehead atoms. The van der Waals surface area contributed by atoms with Crippen molar-refractivity contribution in [3.8, 4) is 0 Å². The van der Waals surface area contributed by atoms with Gasteiger partial charge in [-0.05, 0) is 45.0 Å². The molecule has 10 nitrogen and oxygen atoms in total. The number of methoxy groups -OCH3 is 1. The van der Waals surface area contributed by atoms with E-state index in [9.17, 15) is 18.0 Å². The van der Waals surface area contributed by atoms with Crippen LogP contribution in [0.15, 0.2) is 33.7 Å². The number of ether oxygens (including phenoxy) is 1. The zero-order valence-corrected chi connectivity index (χ0v) is 16.7. The van der Waals surface area contributed by atoms with Crippen LogP contribution in [-0.2, 0) is 24.3 Å². The first kappa shape index (κ1) is 21.5. The minimum atomic E-state index is -3.97. The van der Waals surface area contributed by atoms with Gasteiger partial charge in [-0.3, -0.25) is 9.59 Å². The average Bonchev–Trinajstić information content (AvgIpc) is 2.95. The Morgan fingerprint density at radius 3 is 2.21 bits per heavy atom. The summed E-state index contributed by atoms with van der Waals surface area (Å²) in [5.74, 6) is -0.711. The molecule has 28 heavy (non-hydrogen) atoms. The fourth-order valence-corrected chi connectivity index (χ4v) is 3.95. The van der Waals surface area contributed by atoms with Crippen molar-refractivity contribution in [3.63, 3.8) is 0 Å². The molecule has 2 rings (SSSR count). The Labute approximate surface area is 162 Å². The van der Waals surface area contributed by atoms with Gasteiger partial charge in [-0.15, -0.1) is 0 Å². The highest BCUT2D eigenvalue weighted by Crippen LogP contribution is 2.19. The number of sulfonamides is 1. The molecule has 1 aromatic heterocycles. The van der Waals surface area contributed by atoms with Crippen molar-refractivity contribution in [2.24, 2.45) is 0 Å². The van der Waals surface area contributed by atoms with E-state index in [0.717, 1.165) is 0 Å². The number of nitrogens with one attached hydrogen (secondary N) is 3. The van der Waals surface area contributed by atoms with Crippen molar-refractivity contribution in [3.05, 3.63) is 35.7 Å². The highest BCUT2D eigenvalue weighted by molar-refractivity contribution is 7.89. The van der Waals surface area contributed by atoms with Crippen molar-refractivity contribution in [1.29, 1.82) is 0 Å². The Morgan fingerprint density at radius 1 is 1.14 bits per heavy atom. The lowest BCUT2D eigenvalue weighted by atomic mass is 10.2. The third-order valence-corrected chi connectivity index (χ3v) is 5.46. The Balaban J connectivity index is 1.99. The molecule has 0 spiro atoms. The summed E-state index contributed by atoms with van der Waals surface area (Å²) in [4.78, 5) is 23.7. The number of hydrogen-bond acceptors (Lipinski definition) is 7. The first-order chi connectivity index (χ1) is 13.1. The maximum atomic E-state index is 12.5. The number of rotatable bonds is 8. The van der Waals surface area contributed by atoms with Crippen molar-refractivity contribution >= 4 is 33.2 Å². The van der Waals surface area contributed by atoms with E-state index in [4.69, 9.17) is 9.26 Å².